The highest BCUT2D eigenvalue weighted by molar-refractivity contribution is 5.76. The average molecular weight is 358 g/mol. The summed E-state index contributed by atoms with van der Waals surface area (Å²) in [4.78, 5) is 26.0. The maximum Gasteiger partial charge on any atom is 0.250 e. The predicted octanol–water partition coefficient (Wildman–Crippen LogP) is 1.83. The second kappa shape index (κ2) is 8.27. The summed E-state index contributed by atoms with van der Waals surface area (Å²) in [6.07, 6.45) is 2.45. The van der Waals surface area contributed by atoms with Crippen LogP contribution in [0, 0.1) is 11.7 Å². The van der Waals surface area contributed by atoms with Crippen LogP contribution in [-0.4, -0.2) is 39.7 Å². The number of aromatic nitrogens is 1. The lowest BCUT2D eigenvalue weighted by molar-refractivity contribution is -0.135. The van der Waals surface area contributed by atoms with Gasteiger partial charge in [0.25, 0.3) is 5.56 Å². The lowest BCUT2D eigenvalue weighted by atomic mass is 9.88. The van der Waals surface area contributed by atoms with E-state index in [9.17, 15) is 19.1 Å². The second-order valence-electron chi connectivity index (χ2n) is 6.77. The molecule has 0 spiro atoms. The number of benzene rings is 1. The number of carbonyl (C=O) groups is 1. The molecule has 1 amide bonds. The Morgan fingerprint density at radius 1 is 1.23 bits per heavy atom. The van der Waals surface area contributed by atoms with Gasteiger partial charge in [0.2, 0.25) is 5.91 Å². The van der Waals surface area contributed by atoms with E-state index in [1.165, 1.54) is 22.8 Å². The van der Waals surface area contributed by atoms with E-state index in [1.54, 1.807) is 29.3 Å². The molecule has 2 atom stereocenters. The summed E-state index contributed by atoms with van der Waals surface area (Å²) in [5.74, 6) is -0.445. The fourth-order valence-corrected chi connectivity index (χ4v) is 3.43. The highest BCUT2D eigenvalue weighted by atomic mass is 19.1. The molecule has 3 rings (SSSR count). The van der Waals surface area contributed by atoms with Crippen LogP contribution >= 0.6 is 0 Å². The first-order chi connectivity index (χ1) is 12.5. The Hall–Kier alpha value is -2.47. The molecule has 2 heterocycles. The maximum atomic E-state index is 13.4. The number of likely N-dealkylation sites (tertiary alicyclic amines) is 1. The molecule has 0 aliphatic carbocycles. The molecule has 6 heteroatoms. The molecule has 1 N–H and O–H groups in total. The van der Waals surface area contributed by atoms with Crippen molar-refractivity contribution in [3.63, 3.8) is 0 Å². The molecule has 26 heavy (non-hydrogen) atoms. The fraction of sp³-hybridized carbons (Fsp3) is 0.400. The van der Waals surface area contributed by atoms with Crippen molar-refractivity contribution in [1.29, 1.82) is 0 Å². The van der Waals surface area contributed by atoms with E-state index in [0.717, 1.165) is 5.56 Å². The monoisotopic (exact) mass is 358 g/mol. The van der Waals surface area contributed by atoms with Crippen LogP contribution in [-0.2, 0) is 17.8 Å². The summed E-state index contributed by atoms with van der Waals surface area (Å²) < 4.78 is 14.9. The van der Waals surface area contributed by atoms with Crippen molar-refractivity contribution in [3.05, 3.63) is 70.4 Å². The smallest absolute Gasteiger partial charge is 0.250 e. The van der Waals surface area contributed by atoms with Gasteiger partial charge < -0.3 is 14.6 Å². The molecule has 5 nitrogen and oxygen atoms in total. The Labute approximate surface area is 151 Å². The second-order valence-corrected chi connectivity index (χ2v) is 6.77. The topological polar surface area (TPSA) is 62.5 Å². The summed E-state index contributed by atoms with van der Waals surface area (Å²) in [5, 5.41) is 10.3. The van der Waals surface area contributed by atoms with Crippen molar-refractivity contribution in [2.45, 2.75) is 31.9 Å². The Balaban J connectivity index is 1.59. The number of nitrogens with zero attached hydrogens (tertiary/aromatic N) is 2. The number of amides is 1. The third-order valence-corrected chi connectivity index (χ3v) is 4.90. The molecule has 2 aromatic rings. The van der Waals surface area contributed by atoms with Crippen LogP contribution in [0.1, 0.15) is 18.4 Å². The first kappa shape index (κ1) is 18.3. The van der Waals surface area contributed by atoms with Crippen molar-refractivity contribution in [1.82, 2.24) is 9.47 Å². The van der Waals surface area contributed by atoms with E-state index in [4.69, 9.17) is 0 Å². The molecule has 0 bridgehead atoms. The molecule has 1 fully saturated rings. The Kier molecular flexibility index (Phi) is 5.83. The molecule has 0 radical (unpaired) electrons. The van der Waals surface area contributed by atoms with Gasteiger partial charge in [-0.15, -0.1) is 0 Å². The third-order valence-electron chi connectivity index (χ3n) is 4.90. The number of halogens is 1. The number of pyridine rings is 1. The van der Waals surface area contributed by atoms with Crippen molar-refractivity contribution >= 4 is 5.91 Å². The van der Waals surface area contributed by atoms with Gasteiger partial charge in [-0.25, -0.2) is 4.39 Å². The highest BCUT2D eigenvalue weighted by Gasteiger charge is 2.30. The Morgan fingerprint density at radius 3 is 2.85 bits per heavy atom. The first-order valence-corrected chi connectivity index (χ1v) is 8.88. The minimum absolute atomic E-state index is 0.0307. The molecule has 0 unspecified atom stereocenters. The van der Waals surface area contributed by atoms with Crippen LogP contribution in [0.4, 0.5) is 4.39 Å². The molecule has 1 saturated heterocycles. The molecule has 1 aromatic heterocycles. The minimum Gasteiger partial charge on any atom is -0.393 e. The lowest BCUT2D eigenvalue weighted by Gasteiger charge is -2.36. The maximum absolute atomic E-state index is 13.4. The zero-order valence-corrected chi connectivity index (χ0v) is 14.6. The molecular formula is C20H23FN2O3. The van der Waals surface area contributed by atoms with Gasteiger partial charge in [-0.3, -0.25) is 9.59 Å². The zero-order chi connectivity index (χ0) is 18.5. The predicted molar refractivity (Wildman–Crippen MR) is 96.1 cm³/mol. The van der Waals surface area contributed by atoms with E-state index in [1.807, 2.05) is 6.07 Å². The zero-order valence-electron chi connectivity index (χ0n) is 14.6. The quantitative estimate of drug-likeness (QED) is 0.887. The molecule has 1 aliphatic rings. The van der Waals surface area contributed by atoms with Crippen LogP contribution in [0.5, 0.6) is 0 Å². The highest BCUT2D eigenvalue weighted by Crippen LogP contribution is 2.22. The van der Waals surface area contributed by atoms with Crippen LogP contribution in [0.3, 0.4) is 0 Å². The molecule has 0 saturated carbocycles. The summed E-state index contributed by atoms with van der Waals surface area (Å²) in [6.45, 7) is 1.29. The number of aryl methyl sites for hydroxylation is 1. The van der Waals surface area contributed by atoms with Crippen molar-refractivity contribution in [2.75, 3.05) is 13.1 Å². The Morgan fingerprint density at radius 2 is 2.08 bits per heavy atom. The standard InChI is InChI=1S/C20H23FN2O3/c21-17-5-3-4-15(13-17)12-16-14-23(10-7-18(16)24)20(26)8-11-22-9-2-1-6-19(22)25/h1-6,9,13,16,18,24H,7-8,10-12,14H2/t16-,18-/m1/s1. The van der Waals surface area contributed by atoms with Gasteiger partial charge in [-0.1, -0.05) is 18.2 Å². The van der Waals surface area contributed by atoms with Gasteiger partial charge >= 0.3 is 0 Å². The molecular weight excluding hydrogens is 335 g/mol. The number of carbonyl (C=O) groups excluding carboxylic acids is 1. The number of hydrogen-bond acceptors (Lipinski definition) is 3. The van der Waals surface area contributed by atoms with E-state index >= 15 is 0 Å². The van der Waals surface area contributed by atoms with Gasteiger partial charge in [0, 0.05) is 44.2 Å². The number of piperidine rings is 1. The van der Waals surface area contributed by atoms with Crippen LogP contribution < -0.4 is 5.56 Å². The summed E-state index contributed by atoms with van der Waals surface area (Å²) in [6, 6.07) is 11.2. The first-order valence-electron chi connectivity index (χ1n) is 8.88. The van der Waals surface area contributed by atoms with E-state index in [0.29, 0.717) is 32.5 Å². The number of aliphatic hydroxyl groups is 1. The van der Waals surface area contributed by atoms with Gasteiger partial charge in [0.1, 0.15) is 5.82 Å². The minimum atomic E-state index is -0.501. The number of hydrogen-bond donors (Lipinski definition) is 1. The van der Waals surface area contributed by atoms with Crippen molar-refractivity contribution < 1.29 is 14.3 Å². The third kappa shape index (κ3) is 4.58. The SMILES string of the molecule is O=C(CCn1ccccc1=O)N1CC[C@@H](O)[C@H](Cc2cccc(F)c2)C1. The van der Waals surface area contributed by atoms with Crippen LogP contribution in [0.2, 0.25) is 0 Å². The number of rotatable bonds is 5. The van der Waals surface area contributed by atoms with E-state index in [2.05, 4.69) is 0 Å². The van der Waals surface area contributed by atoms with Crippen LogP contribution in [0.25, 0.3) is 0 Å². The number of aliphatic hydroxyl groups excluding tert-OH is 1. The van der Waals surface area contributed by atoms with Gasteiger partial charge in [-0.2, -0.15) is 0 Å². The summed E-state index contributed by atoms with van der Waals surface area (Å²) in [7, 11) is 0. The normalized spacial score (nSPS) is 20.2. The van der Waals surface area contributed by atoms with E-state index < -0.39 is 6.10 Å². The summed E-state index contributed by atoms with van der Waals surface area (Å²) in [5.41, 5.74) is 0.692. The molecule has 138 valence electrons. The largest absolute Gasteiger partial charge is 0.393 e. The molecule has 1 aromatic carbocycles. The lowest BCUT2D eigenvalue weighted by Crippen LogP contribution is -2.47. The van der Waals surface area contributed by atoms with Crippen molar-refractivity contribution in [2.24, 2.45) is 5.92 Å². The van der Waals surface area contributed by atoms with Gasteiger partial charge in [0.15, 0.2) is 0 Å². The van der Waals surface area contributed by atoms with Crippen molar-refractivity contribution in [3.8, 4) is 0 Å². The van der Waals surface area contributed by atoms with Gasteiger partial charge in [0.05, 0.1) is 6.10 Å². The average Bonchev–Trinajstić information content (AvgIpc) is 2.63. The van der Waals surface area contributed by atoms with Gasteiger partial charge in [-0.05, 0) is 36.6 Å². The van der Waals surface area contributed by atoms with Crippen LogP contribution in [0.15, 0.2) is 53.5 Å². The van der Waals surface area contributed by atoms with E-state index in [-0.39, 0.29) is 29.6 Å². The Bertz CT molecular complexity index is 820. The summed E-state index contributed by atoms with van der Waals surface area (Å²) >= 11 is 0. The molecule has 1 aliphatic heterocycles. The fourth-order valence-electron chi connectivity index (χ4n) is 3.43.